The predicted molar refractivity (Wildman–Crippen MR) is 104 cm³/mol. The summed E-state index contributed by atoms with van der Waals surface area (Å²) in [4.78, 5) is 37.0. The van der Waals surface area contributed by atoms with E-state index in [9.17, 15) is 18.8 Å². The SMILES string of the molecule is Cc1occc1C(=O)NNC(=O)c1ccc(Cl)cc1NC(=O)c1ccc(F)cc1. The van der Waals surface area contributed by atoms with Gasteiger partial charge in [-0.2, -0.15) is 0 Å². The van der Waals surface area contributed by atoms with Gasteiger partial charge in [0.15, 0.2) is 0 Å². The lowest BCUT2D eigenvalue weighted by Crippen LogP contribution is -2.42. The van der Waals surface area contributed by atoms with Crippen molar-refractivity contribution in [3.63, 3.8) is 0 Å². The molecule has 1 heterocycles. The van der Waals surface area contributed by atoms with Crippen LogP contribution in [0.1, 0.15) is 36.8 Å². The van der Waals surface area contributed by atoms with Crippen LogP contribution in [0.2, 0.25) is 5.02 Å². The third kappa shape index (κ3) is 4.80. The molecule has 9 heteroatoms. The zero-order chi connectivity index (χ0) is 21.0. The molecule has 7 nitrogen and oxygen atoms in total. The lowest BCUT2D eigenvalue weighted by Gasteiger charge is -2.12. The quantitative estimate of drug-likeness (QED) is 0.565. The van der Waals surface area contributed by atoms with Gasteiger partial charge in [-0.3, -0.25) is 25.2 Å². The van der Waals surface area contributed by atoms with Crippen LogP contribution < -0.4 is 16.2 Å². The number of aryl methyl sites for hydroxylation is 1. The average molecular weight is 416 g/mol. The number of benzene rings is 2. The standard InChI is InChI=1S/C20H15ClFN3O4/c1-11-15(8-9-29-11)19(27)24-25-20(28)16-7-4-13(21)10-17(16)23-18(26)12-2-5-14(22)6-3-12/h2-10H,1H3,(H,23,26)(H,24,27)(H,25,28). The topological polar surface area (TPSA) is 100 Å². The highest BCUT2D eigenvalue weighted by Crippen LogP contribution is 2.22. The molecule has 1 aromatic heterocycles. The largest absolute Gasteiger partial charge is 0.469 e. The van der Waals surface area contributed by atoms with E-state index in [0.717, 1.165) is 12.1 Å². The number of rotatable bonds is 4. The summed E-state index contributed by atoms with van der Waals surface area (Å²) in [5, 5.41) is 2.84. The molecule has 0 spiro atoms. The van der Waals surface area contributed by atoms with Crippen LogP contribution in [0.4, 0.5) is 10.1 Å². The summed E-state index contributed by atoms with van der Waals surface area (Å²) in [5.74, 6) is -1.87. The Balaban J connectivity index is 1.74. The van der Waals surface area contributed by atoms with Crippen molar-refractivity contribution in [1.29, 1.82) is 0 Å². The molecule has 0 atom stereocenters. The normalized spacial score (nSPS) is 10.3. The highest BCUT2D eigenvalue weighted by Gasteiger charge is 2.17. The minimum atomic E-state index is -0.675. The first-order valence-electron chi connectivity index (χ1n) is 8.36. The molecule has 2 aromatic carbocycles. The Morgan fingerprint density at radius 2 is 1.55 bits per heavy atom. The van der Waals surface area contributed by atoms with Gasteiger partial charge in [-0.25, -0.2) is 4.39 Å². The fourth-order valence-corrected chi connectivity index (χ4v) is 2.65. The minimum Gasteiger partial charge on any atom is -0.469 e. The van der Waals surface area contributed by atoms with Crippen molar-refractivity contribution in [2.75, 3.05) is 5.32 Å². The second-order valence-electron chi connectivity index (χ2n) is 5.95. The Labute approximate surface area is 169 Å². The van der Waals surface area contributed by atoms with E-state index in [-0.39, 0.29) is 27.4 Å². The molecule has 3 rings (SSSR count). The van der Waals surface area contributed by atoms with Crippen LogP contribution in [0, 0.1) is 12.7 Å². The molecule has 0 saturated carbocycles. The van der Waals surface area contributed by atoms with Gasteiger partial charge in [0.25, 0.3) is 17.7 Å². The highest BCUT2D eigenvalue weighted by molar-refractivity contribution is 6.31. The molecular formula is C20H15ClFN3O4. The van der Waals surface area contributed by atoms with Gasteiger partial charge in [0.2, 0.25) is 0 Å². The molecule has 0 aliphatic heterocycles. The van der Waals surface area contributed by atoms with Crippen LogP contribution in [-0.4, -0.2) is 17.7 Å². The van der Waals surface area contributed by atoms with Gasteiger partial charge < -0.3 is 9.73 Å². The number of halogens is 2. The number of furan rings is 1. The van der Waals surface area contributed by atoms with Gasteiger partial charge in [0.05, 0.1) is 23.1 Å². The Morgan fingerprint density at radius 3 is 2.17 bits per heavy atom. The Bertz CT molecular complexity index is 1080. The molecule has 29 heavy (non-hydrogen) atoms. The Kier molecular flexibility index (Phi) is 5.94. The van der Waals surface area contributed by atoms with E-state index >= 15 is 0 Å². The van der Waals surface area contributed by atoms with Crippen molar-refractivity contribution in [1.82, 2.24) is 10.9 Å². The molecule has 148 valence electrons. The van der Waals surface area contributed by atoms with Gasteiger partial charge in [0.1, 0.15) is 11.6 Å². The zero-order valence-electron chi connectivity index (χ0n) is 15.1. The number of nitrogens with one attached hydrogen (secondary N) is 3. The first-order valence-corrected chi connectivity index (χ1v) is 8.74. The van der Waals surface area contributed by atoms with Crippen molar-refractivity contribution in [2.24, 2.45) is 0 Å². The zero-order valence-corrected chi connectivity index (χ0v) is 15.8. The third-order valence-electron chi connectivity index (χ3n) is 3.97. The molecule has 3 amide bonds. The number of hydrogen-bond donors (Lipinski definition) is 3. The molecule has 0 unspecified atom stereocenters. The second-order valence-corrected chi connectivity index (χ2v) is 6.39. The number of anilines is 1. The van der Waals surface area contributed by atoms with Crippen LogP contribution in [0.3, 0.4) is 0 Å². The number of carbonyl (C=O) groups is 3. The first-order chi connectivity index (χ1) is 13.8. The molecule has 3 aromatic rings. The van der Waals surface area contributed by atoms with E-state index in [4.69, 9.17) is 16.0 Å². The smallest absolute Gasteiger partial charge is 0.273 e. The Morgan fingerprint density at radius 1 is 0.897 bits per heavy atom. The summed E-state index contributed by atoms with van der Waals surface area (Å²) in [6.07, 6.45) is 1.36. The van der Waals surface area contributed by atoms with Crippen LogP contribution >= 0.6 is 11.6 Å². The number of hydrogen-bond acceptors (Lipinski definition) is 4. The van der Waals surface area contributed by atoms with E-state index in [1.54, 1.807) is 6.92 Å². The van der Waals surface area contributed by atoms with Crippen molar-refractivity contribution in [2.45, 2.75) is 6.92 Å². The van der Waals surface area contributed by atoms with Gasteiger partial charge in [0, 0.05) is 10.6 Å². The molecule has 0 saturated heterocycles. The van der Waals surface area contributed by atoms with E-state index in [1.807, 2.05) is 0 Å². The van der Waals surface area contributed by atoms with Crippen molar-refractivity contribution in [3.8, 4) is 0 Å². The van der Waals surface area contributed by atoms with Crippen LogP contribution in [0.25, 0.3) is 0 Å². The minimum absolute atomic E-state index is 0.0640. The van der Waals surface area contributed by atoms with E-state index < -0.39 is 23.5 Å². The number of amides is 3. The molecule has 0 aliphatic rings. The molecule has 0 aliphatic carbocycles. The van der Waals surface area contributed by atoms with Gasteiger partial charge in [-0.15, -0.1) is 0 Å². The Hall–Kier alpha value is -3.65. The molecule has 3 N–H and O–H groups in total. The lowest BCUT2D eigenvalue weighted by atomic mass is 10.1. The number of hydrazine groups is 1. The number of carbonyl (C=O) groups excluding carboxylic acids is 3. The van der Waals surface area contributed by atoms with Crippen LogP contribution in [0.15, 0.2) is 59.2 Å². The maximum Gasteiger partial charge on any atom is 0.273 e. The third-order valence-corrected chi connectivity index (χ3v) is 4.21. The summed E-state index contributed by atoms with van der Waals surface area (Å²) in [7, 11) is 0. The summed E-state index contributed by atoms with van der Waals surface area (Å²) >= 11 is 5.97. The first kappa shape index (κ1) is 20.1. The van der Waals surface area contributed by atoms with Gasteiger partial charge in [-0.1, -0.05) is 11.6 Å². The monoisotopic (exact) mass is 415 g/mol. The summed E-state index contributed by atoms with van der Waals surface area (Å²) in [6.45, 7) is 1.61. The summed E-state index contributed by atoms with van der Waals surface area (Å²) in [6, 6.07) is 10.6. The molecule has 0 bridgehead atoms. The fraction of sp³-hybridized carbons (Fsp3) is 0.0500. The van der Waals surface area contributed by atoms with Gasteiger partial charge in [-0.05, 0) is 55.5 Å². The molecule has 0 fully saturated rings. The highest BCUT2D eigenvalue weighted by atomic mass is 35.5. The maximum absolute atomic E-state index is 13.0. The second kappa shape index (κ2) is 8.57. The summed E-state index contributed by atoms with van der Waals surface area (Å²) < 4.78 is 18.1. The molecular weight excluding hydrogens is 401 g/mol. The van der Waals surface area contributed by atoms with E-state index in [0.29, 0.717) is 5.76 Å². The van der Waals surface area contributed by atoms with Crippen molar-refractivity contribution >= 4 is 35.0 Å². The van der Waals surface area contributed by atoms with Crippen LogP contribution in [0.5, 0.6) is 0 Å². The van der Waals surface area contributed by atoms with E-state index in [2.05, 4.69) is 16.2 Å². The van der Waals surface area contributed by atoms with Crippen molar-refractivity contribution in [3.05, 3.63) is 88.1 Å². The van der Waals surface area contributed by atoms with Crippen molar-refractivity contribution < 1.29 is 23.2 Å². The van der Waals surface area contributed by atoms with E-state index in [1.165, 1.54) is 42.7 Å². The summed E-state index contributed by atoms with van der Waals surface area (Å²) in [5.41, 5.74) is 5.19. The maximum atomic E-state index is 13.0. The average Bonchev–Trinajstić information content (AvgIpc) is 3.12. The molecule has 0 radical (unpaired) electrons. The van der Waals surface area contributed by atoms with Gasteiger partial charge >= 0.3 is 0 Å². The lowest BCUT2D eigenvalue weighted by molar-refractivity contribution is 0.0846. The van der Waals surface area contributed by atoms with Crippen LogP contribution in [-0.2, 0) is 0 Å². The predicted octanol–water partition coefficient (Wildman–Crippen LogP) is 3.71. The fourth-order valence-electron chi connectivity index (χ4n) is 2.48.